The second kappa shape index (κ2) is 11.4. The molecule has 2 aromatic rings. The predicted molar refractivity (Wildman–Crippen MR) is 135 cm³/mol. The van der Waals surface area contributed by atoms with Crippen molar-refractivity contribution < 1.29 is 13.2 Å². The van der Waals surface area contributed by atoms with Gasteiger partial charge in [0.2, 0.25) is 15.9 Å². The van der Waals surface area contributed by atoms with Crippen LogP contribution < -0.4 is 9.62 Å². The molecule has 1 unspecified atom stereocenters. The molecule has 1 aliphatic rings. The first-order chi connectivity index (χ1) is 15.7. The molecule has 0 saturated carbocycles. The van der Waals surface area contributed by atoms with E-state index in [-0.39, 0.29) is 5.91 Å². The van der Waals surface area contributed by atoms with Gasteiger partial charge in [0, 0.05) is 18.1 Å². The average Bonchev–Trinajstić information content (AvgIpc) is 2.78. The highest BCUT2D eigenvalue weighted by Gasteiger charge is 2.31. The summed E-state index contributed by atoms with van der Waals surface area (Å²) >= 11 is 6.24. The van der Waals surface area contributed by atoms with Crippen molar-refractivity contribution in [3.63, 3.8) is 0 Å². The molecule has 8 heteroatoms. The van der Waals surface area contributed by atoms with E-state index in [2.05, 4.69) is 22.3 Å². The number of sulfonamides is 1. The minimum Gasteiger partial charge on any atom is -0.350 e. The quantitative estimate of drug-likeness (QED) is 0.561. The first kappa shape index (κ1) is 25.5. The highest BCUT2D eigenvalue weighted by molar-refractivity contribution is 7.92. The molecule has 3 rings (SSSR count). The molecule has 180 valence electrons. The maximum absolute atomic E-state index is 13.1. The van der Waals surface area contributed by atoms with Crippen molar-refractivity contribution in [2.75, 3.05) is 23.7 Å². The second-order valence-electron chi connectivity index (χ2n) is 8.79. The van der Waals surface area contributed by atoms with Crippen molar-refractivity contribution in [2.24, 2.45) is 0 Å². The Balaban J connectivity index is 1.71. The normalized spacial score (nSPS) is 15.8. The standard InChI is InChI=1S/C25H34ClN3O3S/c1-4-24(29(33(3,31)32)22-12-11-19(2)23(26)16-22)25(30)27-17-20-9-8-10-21(15-20)18-28-13-6-5-7-14-28/h8-12,15-16,24H,4-7,13-14,17-18H2,1-3H3,(H,27,30). The molecule has 0 bridgehead atoms. The van der Waals surface area contributed by atoms with Crippen molar-refractivity contribution in [3.8, 4) is 0 Å². The minimum atomic E-state index is -3.70. The molecule has 1 saturated heterocycles. The molecule has 1 amide bonds. The van der Waals surface area contributed by atoms with Crippen molar-refractivity contribution in [3.05, 3.63) is 64.2 Å². The topological polar surface area (TPSA) is 69.7 Å². The third kappa shape index (κ3) is 6.95. The van der Waals surface area contributed by atoms with E-state index in [1.54, 1.807) is 25.1 Å². The number of nitrogens with zero attached hydrogens (tertiary/aromatic N) is 2. The number of amides is 1. The monoisotopic (exact) mass is 491 g/mol. The molecule has 6 nitrogen and oxygen atoms in total. The number of likely N-dealkylation sites (tertiary alicyclic amines) is 1. The third-order valence-electron chi connectivity index (χ3n) is 6.05. The smallest absolute Gasteiger partial charge is 0.244 e. The van der Waals surface area contributed by atoms with Crippen LogP contribution in [0.15, 0.2) is 42.5 Å². The van der Waals surface area contributed by atoms with Gasteiger partial charge in [0.15, 0.2) is 0 Å². The predicted octanol–water partition coefficient (Wildman–Crippen LogP) is 4.50. The number of piperidine rings is 1. The van der Waals surface area contributed by atoms with Crippen LogP contribution in [0.1, 0.15) is 49.3 Å². The molecule has 1 atom stereocenters. The van der Waals surface area contributed by atoms with Crippen LogP contribution >= 0.6 is 11.6 Å². The van der Waals surface area contributed by atoms with Crippen molar-refractivity contribution in [1.29, 1.82) is 0 Å². The maximum atomic E-state index is 13.1. The van der Waals surface area contributed by atoms with Crippen LogP contribution in [0.2, 0.25) is 5.02 Å². The van der Waals surface area contributed by atoms with Gasteiger partial charge in [0.05, 0.1) is 11.9 Å². The Bertz CT molecular complexity index is 1070. The van der Waals surface area contributed by atoms with Crippen LogP contribution in [0.5, 0.6) is 0 Å². The van der Waals surface area contributed by atoms with Crippen LogP contribution in [0.25, 0.3) is 0 Å². The summed E-state index contributed by atoms with van der Waals surface area (Å²) in [5.41, 5.74) is 3.45. The number of halogens is 1. The number of carbonyl (C=O) groups excluding carboxylic acids is 1. The Morgan fingerprint density at radius 3 is 2.45 bits per heavy atom. The summed E-state index contributed by atoms with van der Waals surface area (Å²) in [6.07, 6.45) is 5.25. The summed E-state index contributed by atoms with van der Waals surface area (Å²) in [6.45, 7) is 7.16. The molecule has 2 aromatic carbocycles. The van der Waals surface area contributed by atoms with Gasteiger partial charge in [-0.05, 0) is 68.1 Å². The lowest BCUT2D eigenvalue weighted by Gasteiger charge is -2.30. The van der Waals surface area contributed by atoms with Gasteiger partial charge in [0.25, 0.3) is 0 Å². The molecule has 0 spiro atoms. The van der Waals surface area contributed by atoms with E-state index in [0.717, 1.165) is 37.0 Å². The fourth-order valence-corrected chi connectivity index (χ4v) is 5.68. The van der Waals surface area contributed by atoms with Crippen LogP contribution in [-0.2, 0) is 27.9 Å². The Labute approximate surface area is 203 Å². The number of carbonyl (C=O) groups is 1. The summed E-state index contributed by atoms with van der Waals surface area (Å²) in [6, 6.07) is 12.4. The number of nitrogens with one attached hydrogen (secondary N) is 1. The van der Waals surface area contributed by atoms with E-state index in [1.165, 1.54) is 29.1 Å². The van der Waals surface area contributed by atoms with Gasteiger partial charge in [-0.25, -0.2) is 8.42 Å². The summed E-state index contributed by atoms with van der Waals surface area (Å²) in [5, 5.41) is 3.40. The molecule has 1 heterocycles. The van der Waals surface area contributed by atoms with Gasteiger partial charge >= 0.3 is 0 Å². The van der Waals surface area contributed by atoms with Crippen molar-refractivity contribution in [1.82, 2.24) is 10.2 Å². The fraction of sp³-hybridized carbons (Fsp3) is 0.480. The van der Waals surface area contributed by atoms with Gasteiger partial charge < -0.3 is 5.32 Å². The summed E-state index contributed by atoms with van der Waals surface area (Å²) in [5.74, 6) is -0.332. The SMILES string of the molecule is CCC(C(=O)NCc1cccc(CN2CCCCC2)c1)N(c1ccc(C)c(Cl)c1)S(C)(=O)=O. The Morgan fingerprint density at radius 1 is 1.12 bits per heavy atom. The van der Waals surface area contributed by atoms with E-state index >= 15 is 0 Å². The number of aryl methyl sites for hydroxylation is 1. The van der Waals surface area contributed by atoms with E-state index in [4.69, 9.17) is 11.6 Å². The van der Waals surface area contributed by atoms with Gasteiger partial charge in [-0.15, -0.1) is 0 Å². The van der Waals surface area contributed by atoms with E-state index in [9.17, 15) is 13.2 Å². The average molecular weight is 492 g/mol. The third-order valence-corrected chi connectivity index (χ3v) is 7.64. The lowest BCUT2D eigenvalue weighted by Crippen LogP contribution is -2.49. The minimum absolute atomic E-state index is 0.332. The van der Waals surface area contributed by atoms with Gasteiger partial charge in [-0.1, -0.05) is 55.3 Å². The molecule has 1 fully saturated rings. The molecule has 1 N–H and O–H groups in total. The van der Waals surface area contributed by atoms with Crippen LogP contribution in [-0.4, -0.2) is 44.6 Å². The van der Waals surface area contributed by atoms with E-state index in [0.29, 0.717) is 23.7 Å². The second-order valence-corrected chi connectivity index (χ2v) is 11.1. The van der Waals surface area contributed by atoms with Crippen LogP contribution in [0.4, 0.5) is 5.69 Å². The van der Waals surface area contributed by atoms with Crippen LogP contribution in [0.3, 0.4) is 0 Å². The van der Waals surface area contributed by atoms with E-state index < -0.39 is 16.1 Å². The van der Waals surface area contributed by atoms with Gasteiger partial charge in [0.1, 0.15) is 6.04 Å². The van der Waals surface area contributed by atoms with E-state index in [1.807, 2.05) is 19.1 Å². The number of benzene rings is 2. The molecule has 0 radical (unpaired) electrons. The first-order valence-electron chi connectivity index (χ1n) is 11.5. The first-order valence-corrected chi connectivity index (χ1v) is 13.7. The zero-order chi connectivity index (χ0) is 24.0. The van der Waals surface area contributed by atoms with Gasteiger partial charge in [-0.3, -0.25) is 14.0 Å². The lowest BCUT2D eigenvalue weighted by molar-refractivity contribution is -0.122. The lowest BCUT2D eigenvalue weighted by atomic mass is 10.1. The number of hydrogen-bond acceptors (Lipinski definition) is 4. The highest BCUT2D eigenvalue weighted by Crippen LogP contribution is 2.27. The van der Waals surface area contributed by atoms with Crippen molar-refractivity contribution in [2.45, 2.75) is 58.7 Å². The fourth-order valence-electron chi connectivity index (χ4n) is 4.30. The zero-order valence-corrected chi connectivity index (χ0v) is 21.3. The summed E-state index contributed by atoms with van der Waals surface area (Å²) < 4.78 is 26.4. The van der Waals surface area contributed by atoms with Crippen LogP contribution in [0, 0.1) is 6.92 Å². The molecule has 33 heavy (non-hydrogen) atoms. The number of rotatable bonds is 9. The molecule has 0 aliphatic carbocycles. The Kier molecular flexibility index (Phi) is 8.79. The summed E-state index contributed by atoms with van der Waals surface area (Å²) in [7, 11) is -3.70. The van der Waals surface area contributed by atoms with Crippen molar-refractivity contribution >= 4 is 33.2 Å². The molecular weight excluding hydrogens is 458 g/mol. The molecule has 0 aromatic heterocycles. The molecule has 1 aliphatic heterocycles. The highest BCUT2D eigenvalue weighted by atomic mass is 35.5. The largest absolute Gasteiger partial charge is 0.350 e. The maximum Gasteiger partial charge on any atom is 0.244 e. The molecular formula is C25H34ClN3O3S. The zero-order valence-electron chi connectivity index (χ0n) is 19.7. The number of hydrogen-bond donors (Lipinski definition) is 1. The number of anilines is 1. The summed E-state index contributed by atoms with van der Waals surface area (Å²) in [4.78, 5) is 15.6. The Morgan fingerprint density at radius 2 is 1.82 bits per heavy atom. The van der Waals surface area contributed by atoms with Gasteiger partial charge in [-0.2, -0.15) is 0 Å². The Hall–Kier alpha value is -2.09.